The van der Waals surface area contributed by atoms with Crippen LogP contribution in [-0.4, -0.2) is 56.8 Å². The van der Waals surface area contributed by atoms with Crippen LogP contribution in [0.1, 0.15) is 18.3 Å². The van der Waals surface area contributed by atoms with Crippen LogP contribution in [0, 0.1) is 5.82 Å². The van der Waals surface area contributed by atoms with E-state index < -0.39 is 6.03 Å². The third kappa shape index (κ3) is 4.26. The Labute approximate surface area is 165 Å². The number of carbonyl (C=O) groups excluding carboxylic acids is 1. The number of nitrogens with zero attached hydrogens (tertiary/aromatic N) is 6. The van der Waals surface area contributed by atoms with Gasteiger partial charge in [-0.25, -0.2) is 24.3 Å². The molecule has 1 aromatic heterocycles. The number of aliphatic imine (C=N–C) groups is 2. The number of nitrogens with two attached hydrogens (primary N) is 1. The maximum atomic E-state index is 13.3. The molecular formula is C17H19FN10O. The van der Waals surface area contributed by atoms with Gasteiger partial charge >= 0.3 is 6.03 Å². The molecule has 0 bridgehead atoms. The molecule has 2 aromatic rings. The van der Waals surface area contributed by atoms with E-state index in [1.165, 1.54) is 24.3 Å². The Morgan fingerprint density at radius 2 is 2.10 bits per heavy atom. The summed E-state index contributed by atoms with van der Waals surface area (Å²) in [4.78, 5) is 22.2. The zero-order valence-corrected chi connectivity index (χ0v) is 15.8. The smallest absolute Gasteiger partial charge is 0.320 e. The quantitative estimate of drug-likeness (QED) is 0.578. The molecule has 150 valence electrons. The van der Waals surface area contributed by atoms with Crippen LogP contribution >= 0.6 is 0 Å². The Balaban J connectivity index is 2.03. The summed E-state index contributed by atoms with van der Waals surface area (Å²) in [5, 5.41) is 18.7. The van der Waals surface area contributed by atoms with Crippen molar-refractivity contribution in [2.24, 2.45) is 15.7 Å². The fourth-order valence-corrected chi connectivity index (χ4v) is 2.52. The van der Waals surface area contributed by atoms with Crippen LogP contribution < -0.4 is 16.4 Å². The Hall–Kier alpha value is -4.09. The number of rotatable bonds is 5. The first-order chi connectivity index (χ1) is 13.9. The van der Waals surface area contributed by atoms with E-state index in [2.05, 4.69) is 47.8 Å². The number of H-pyrrole nitrogens is 1. The molecule has 0 unspecified atom stereocenters. The van der Waals surface area contributed by atoms with Crippen LogP contribution in [-0.2, 0) is 0 Å². The Morgan fingerprint density at radius 3 is 2.72 bits per heavy atom. The van der Waals surface area contributed by atoms with Crippen molar-refractivity contribution in [2.75, 3.05) is 13.6 Å². The average Bonchev–Trinajstić information content (AvgIpc) is 3.31. The molecule has 0 atom stereocenters. The zero-order chi connectivity index (χ0) is 21.0. The fraction of sp³-hybridized carbons (Fsp3) is 0.176. The van der Waals surface area contributed by atoms with Gasteiger partial charge in [-0.05, 0) is 47.2 Å². The summed E-state index contributed by atoms with van der Waals surface area (Å²) in [7, 11) is 1.69. The molecule has 11 nitrogen and oxygen atoms in total. The van der Waals surface area contributed by atoms with Gasteiger partial charge in [0.15, 0.2) is 11.7 Å². The summed E-state index contributed by atoms with van der Waals surface area (Å²) in [5.74, 6) is 0.652. The van der Waals surface area contributed by atoms with Gasteiger partial charge in [-0.3, -0.25) is 5.32 Å². The number of likely N-dealkylation sites (N-methyl/N-ethyl adjacent to an activating group) is 1. The zero-order valence-electron chi connectivity index (χ0n) is 15.8. The molecule has 12 heteroatoms. The second kappa shape index (κ2) is 8.29. The summed E-state index contributed by atoms with van der Waals surface area (Å²) in [5.41, 5.74) is 7.39. The van der Waals surface area contributed by atoms with Crippen molar-refractivity contribution in [2.45, 2.75) is 6.92 Å². The van der Waals surface area contributed by atoms with Gasteiger partial charge in [0.2, 0.25) is 5.82 Å². The highest BCUT2D eigenvalue weighted by molar-refractivity contribution is 6.21. The van der Waals surface area contributed by atoms with Crippen LogP contribution in [0.25, 0.3) is 5.70 Å². The summed E-state index contributed by atoms with van der Waals surface area (Å²) < 4.78 is 13.3. The van der Waals surface area contributed by atoms with E-state index in [-0.39, 0.29) is 17.3 Å². The number of amides is 2. The lowest BCUT2D eigenvalue weighted by molar-refractivity contribution is 0.244. The van der Waals surface area contributed by atoms with Gasteiger partial charge < -0.3 is 16.0 Å². The van der Waals surface area contributed by atoms with Gasteiger partial charge in [0.1, 0.15) is 17.3 Å². The molecule has 0 spiro atoms. The molecule has 5 N–H and O–H groups in total. The van der Waals surface area contributed by atoms with Crippen molar-refractivity contribution in [3.8, 4) is 0 Å². The molecule has 2 heterocycles. The summed E-state index contributed by atoms with van der Waals surface area (Å²) in [6, 6.07) is 5.19. The minimum Gasteiger partial charge on any atom is -0.396 e. The molecule has 3 rings (SSSR count). The third-order valence-corrected chi connectivity index (χ3v) is 3.87. The van der Waals surface area contributed by atoms with Crippen LogP contribution in [0.2, 0.25) is 0 Å². The number of tetrazole rings is 1. The molecule has 1 aliphatic rings. The number of hydrogen-bond acceptors (Lipinski definition) is 7. The van der Waals surface area contributed by atoms with Crippen molar-refractivity contribution >= 4 is 23.4 Å². The second-order valence-corrected chi connectivity index (χ2v) is 5.88. The Morgan fingerprint density at radius 1 is 1.38 bits per heavy atom. The van der Waals surface area contributed by atoms with Gasteiger partial charge in [0, 0.05) is 13.6 Å². The first-order valence-corrected chi connectivity index (χ1v) is 8.55. The minimum absolute atomic E-state index is 0.0781. The van der Waals surface area contributed by atoms with E-state index in [1.54, 1.807) is 18.9 Å². The van der Waals surface area contributed by atoms with Crippen LogP contribution in [0.5, 0.6) is 0 Å². The number of aromatic nitrogens is 4. The average molecular weight is 398 g/mol. The van der Waals surface area contributed by atoms with Crippen molar-refractivity contribution < 1.29 is 9.18 Å². The van der Waals surface area contributed by atoms with Gasteiger partial charge in [0.25, 0.3) is 0 Å². The molecule has 0 aliphatic carbocycles. The standard InChI is InChI=1S/C17H19FN10O/c1-4-20-17(29)22-9(2)21-15-13(12(19)10-5-7-11(18)8-6-10)23-16(28(15)3)14-24-26-27-25-14/h5-8H,2,4,19H2,1,3H3,(H2,20,22,29)(H,24,25,26,27)/b13-12+,21-15+. The molecule has 1 aromatic carbocycles. The lowest BCUT2D eigenvalue weighted by Crippen LogP contribution is -2.35. The highest BCUT2D eigenvalue weighted by Crippen LogP contribution is 2.24. The topological polar surface area (TPSA) is 150 Å². The minimum atomic E-state index is -0.444. The molecule has 29 heavy (non-hydrogen) atoms. The predicted octanol–water partition coefficient (Wildman–Crippen LogP) is 0.547. The number of amidine groups is 2. The van der Waals surface area contributed by atoms with Crippen LogP contribution in [0.15, 0.2) is 52.3 Å². The first kappa shape index (κ1) is 19.7. The second-order valence-electron chi connectivity index (χ2n) is 5.88. The highest BCUT2D eigenvalue weighted by atomic mass is 19.1. The number of carbonyl (C=O) groups is 1. The van der Waals surface area contributed by atoms with E-state index in [1.807, 2.05) is 0 Å². The van der Waals surface area contributed by atoms with Crippen molar-refractivity contribution in [1.82, 2.24) is 36.2 Å². The highest BCUT2D eigenvalue weighted by Gasteiger charge is 2.31. The molecular weight excluding hydrogens is 379 g/mol. The largest absolute Gasteiger partial charge is 0.396 e. The van der Waals surface area contributed by atoms with Gasteiger partial charge in [-0.2, -0.15) is 0 Å². The normalized spacial score (nSPS) is 16.6. The van der Waals surface area contributed by atoms with Gasteiger partial charge in [0.05, 0.1) is 5.70 Å². The number of hydrogen-bond donors (Lipinski definition) is 4. The molecule has 0 radical (unpaired) electrons. The van der Waals surface area contributed by atoms with Crippen LogP contribution in [0.4, 0.5) is 9.18 Å². The summed E-state index contributed by atoms with van der Waals surface area (Å²) >= 11 is 0. The van der Waals surface area contributed by atoms with Gasteiger partial charge in [-0.1, -0.05) is 6.58 Å². The van der Waals surface area contributed by atoms with Crippen LogP contribution in [0.3, 0.4) is 0 Å². The Bertz CT molecular complexity index is 1010. The molecule has 0 fully saturated rings. The number of nitrogens with one attached hydrogen (secondary N) is 3. The lowest BCUT2D eigenvalue weighted by atomic mass is 10.1. The molecule has 0 saturated heterocycles. The predicted molar refractivity (Wildman–Crippen MR) is 105 cm³/mol. The van der Waals surface area contributed by atoms with Crippen molar-refractivity contribution in [1.29, 1.82) is 0 Å². The first-order valence-electron chi connectivity index (χ1n) is 8.55. The fourth-order valence-electron chi connectivity index (χ4n) is 2.52. The number of urea groups is 1. The Kier molecular flexibility index (Phi) is 5.62. The van der Waals surface area contributed by atoms with Gasteiger partial charge in [-0.15, -0.1) is 5.10 Å². The van der Waals surface area contributed by atoms with Crippen molar-refractivity contribution in [3.05, 3.63) is 59.6 Å². The van der Waals surface area contributed by atoms with E-state index in [0.29, 0.717) is 35.3 Å². The van der Waals surface area contributed by atoms with E-state index in [0.717, 1.165) is 0 Å². The monoisotopic (exact) mass is 398 g/mol. The number of halogens is 1. The molecule has 2 amide bonds. The number of benzene rings is 1. The molecule has 0 saturated carbocycles. The third-order valence-electron chi connectivity index (χ3n) is 3.87. The summed E-state index contributed by atoms with van der Waals surface area (Å²) in [6.07, 6.45) is 0. The van der Waals surface area contributed by atoms with E-state index >= 15 is 0 Å². The SMILES string of the molecule is C=C(/N=C1\C(=C(/N)c2ccc(F)cc2)N=C(c2nnn[nH]2)N1C)NC(=O)NCC. The van der Waals surface area contributed by atoms with Crippen molar-refractivity contribution in [3.63, 3.8) is 0 Å². The lowest BCUT2D eigenvalue weighted by Gasteiger charge is -2.15. The summed E-state index contributed by atoms with van der Waals surface area (Å²) in [6.45, 7) is 5.98. The molecule has 1 aliphatic heterocycles. The maximum Gasteiger partial charge on any atom is 0.320 e. The number of aromatic amines is 1. The van der Waals surface area contributed by atoms with E-state index in [9.17, 15) is 9.18 Å². The van der Waals surface area contributed by atoms with E-state index in [4.69, 9.17) is 5.73 Å². The maximum absolute atomic E-state index is 13.3.